The maximum Gasteiger partial charge on any atom is 0.258 e. The molecule has 2 aromatic carbocycles. The van der Waals surface area contributed by atoms with Crippen LogP contribution < -0.4 is 15.5 Å². The summed E-state index contributed by atoms with van der Waals surface area (Å²) in [5, 5.41) is 6.89. The van der Waals surface area contributed by atoms with E-state index in [9.17, 15) is 4.79 Å². The first-order valence-corrected chi connectivity index (χ1v) is 10.4. The number of hydrogen-bond acceptors (Lipinski definition) is 4. The number of morpholine rings is 1. The van der Waals surface area contributed by atoms with Gasteiger partial charge in [0.1, 0.15) is 0 Å². The first-order valence-electron chi connectivity index (χ1n) is 8.14. The lowest BCUT2D eigenvalue weighted by Gasteiger charge is -2.31. The normalized spacial score (nSPS) is 14.0. The highest BCUT2D eigenvalue weighted by molar-refractivity contribution is 14.1. The molecule has 2 N–H and O–H groups in total. The van der Waals surface area contributed by atoms with E-state index in [0.29, 0.717) is 28.8 Å². The molecule has 9 heteroatoms. The first kappa shape index (κ1) is 20.6. The Morgan fingerprint density at radius 2 is 1.89 bits per heavy atom. The first-order chi connectivity index (χ1) is 13.0. The van der Waals surface area contributed by atoms with Gasteiger partial charge in [0.25, 0.3) is 5.91 Å². The van der Waals surface area contributed by atoms with E-state index >= 15 is 0 Å². The second kappa shape index (κ2) is 9.38. The molecule has 1 fully saturated rings. The lowest BCUT2D eigenvalue weighted by molar-refractivity contribution is 0.0978. The van der Waals surface area contributed by atoms with Gasteiger partial charge in [-0.25, -0.2) is 0 Å². The molecule has 0 aromatic heterocycles. The largest absolute Gasteiger partial charge is 0.378 e. The van der Waals surface area contributed by atoms with Crippen molar-refractivity contribution < 1.29 is 9.53 Å². The smallest absolute Gasteiger partial charge is 0.258 e. The Hall–Kier alpha value is -1.13. The predicted molar refractivity (Wildman–Crippen MR) is 122 cm³/mol. The van der Waals surface area contributed by atoms with Gasteiger partial charge < -0.3 is 15.0 Å². The Morgan fingerprint density at radius 1 is 1.15 bits per heavy atom. The Morgan fingerprint density at radius 3 is 2.63 bits per heavy atom. The van der Waals surface area contributed by atoms with Crippen LogP contribution in [0.15, 0.2) is 36.4 Å². The Kier molecular flexibility index (Phi) is 7.16. The predicted octanol–water partition coefficient (Wildman–Crippen LogP) is 4.56. The molecular weight excluding hydrogens is 520 g/mol. The Labute approximate surface area is 186 Å². The third-order valence-corrected chi connectivity index (χ3v) is 5.47. The second-order valence-electron chi connectivity index (χ2n) is 5.77. The maximum atomic E-state index is 12.5. The van der Waals surface area contributed by atoms with Crippen LogP contribution in [0, 0.1) is 3.57 Å². The number of anilines is 2. The van der Waals surface area contributed by atoms with Gasteiger partial charge in [0.2, 0.25) is 0 Å². The summed E-state index contributed by atoms with van der Waals surface area (Å²) >= 11 is 20.0. The van der Waals surface area contributed by atoms with E-state index in [1.807, 2.05) is 24.3 Å². The van der Waals surface area contributed by atoms with Crippen molar-refractivity contribution in [2.75, 3.05) is 36.5 Å². The van der Waals surface area contributed by atoms with Crippen LogP contribution in [0.1, 0.15) is 10.4 Å². The van der Waals surface area contributed by atoms with Crippen LogP contribution in [0.5, 0.6) is 0 Å². The Bertz CT molecular complexity index is 876. The topological polar surface area (TPSA) is 53.6 Å². The highest BCUT2D eigenvalue weighted by Crippen LogP contribution is 2.34. The van der Waals surface area contributed by atoms with Crippen LogP contribution >= 0.6 is 58.0 Å². The van der Waals surface area contributed by atoms with Gasteiger partial charge in [0, 0.05) is 16.7 Å². The van der Waals surface area contributed by atoms with E-state index in [-0.39, 0.29) is 11.0 Å². The molecule has 1 saturated heterocycles. The number of amides is 1. The monoisotopic (exact) mass is 535 g/mol. The fraction of sp³-hybridized carbons (Fsp3) is 0.222. The molecular formula is C18H16Cl2IN3O2S. The summed E-state index contributed by atoms with van der Waals surface area (Å²) in [6, 6.07) is 10.7. The van der Waals surface area contributed by atoms with Crippen LogP contribution in [-0.4, -0.2) is 37.3 Å². The lowest BCUT2D eigenvalue weighted by atomic mass is 10.2. The quantitative estimate of drug-likeness (QED) is 0.446. The van der Waals surface area contributed by atoms with Crippen LogP contribution in [-0.2, 0) is 4.74 Å². The summed E-state index contributed by atoms with van der Waals surface area (Å²) < 4.78 is 6.31. The summed E-state index contributed by atoms with van der Waals surface area (Å²) in [6.45, 7) is 2.74. The molecule has 0 atom stereocenters. The van der Waals surface area contributed by atoms with Crippen molar-refractivity contribution in [1.82, 2.24) is 5.32 Å². The average molecular weight is 536 g/mol. The van der Waals surface area contributed by atoms with Gasteiger partial charge >= 0.3 is 0 Å². The molecule has 2 aromatic rings. The second-order valence-corrected chi connectivity index (χ2v) is 8.24. The minimum Gasteiger partial charge on any atom is -0.378 e. The molecule has 0 bridgehead atoms. The molecule has 0 spiro atoms. The molecule has 142 valence electrons. The highest BCUT2D eigenvalue weighted by Gasteiger charge is 2.19. The minimum absolute atomic E-state index is 0.173. The van der Waals surface area contributed by atoms with Crippen molar-refractivity contribution in [3.63, 3.8) is 0 Å². The molecule has 0 saturated carbocycles. The molecule has 0 unspecified atom stereocenters. The van der Waals surface area contributed by atoms with Crippen LogP contribution in [0.3, 0.4) is 0 Å². The van der Waals surface area contributed by atoms with E-state index < -0.39 is 0 Å². The van der Waals surface area contributed by atoms with E-state index in [1.54, 1.807) is 12.1 Å². The standard InChI is InChI=1S/C18H16Cl2IN3O2S/c19-13-5-4-11(21)10-12(13)17(25)23-18(27)22-15-3-1-2-14(20)16(15)24-6-8-26-9-7-24/h1-5,10H,6-9H2,(H2,22,23,25,27). The molecule has 1 amide bonds. The van der Waals surface area contributed by atoms with Crippen molar-refractivity contribution in [2.45, 2.75) is 0 Å². The Balaban J connectivity index is 1.75. The SMILES string of the molecule is O=C(NC(=S)Nc1cccc(Cl)c1N1CCOCC1)c1cc(I)ccc1Cl. The number of nitrogens with one attached hydrogen (secondary N) is 2. The number of rotatable bonds is 3. The van der Waals surface area contributed by atoms with Gasteiger partial charge in [-0.2, -0.15) is 0 Å². The van der Waals surface area contributed by atoms with Gasteiger partial charge in [-0.05, 0) is 65.1 Å². The van der Waals surface area contributed by atoms with E-state index in [4.69, 9.17) is 40.2 Å². The molecule has 0 radical (unpaired) electrons. The van der Waals surface area contributed by atoms with Crippen molar-refractivity contribution in [3.05, 3.63) is 55.6 Å². The molecule has 3 rings (SSSR count). The molecule has 27 heavy (non-hydrogen) atoms. The summed E-state index contributed by atoms with van der Waals surface area (Å²) in [4.78, 5) is 14.6. The molecule has 0 aliphatic carbocycles. The number of carbonyl (C=O) groups is 1. The molecule has 1 aliphatic rings. The number of benzene rings is 2. The highest BCUT2D eigenvalue weighted by atomic mass is 127. The zero-order valence-electron chi connectivity index (χ0n) is 14.1. The van der Waals surface area contributed by atoms with Gasteiger partial charge in [0.05, 0.1) is 40.2 Å². The number of para-hydroxylation sites is 1. The van der Waals surface area contributed by atoms with Crippen LogP contribution in [0.25, 0.3) is 0 Å². The van der Waals surface area contributed by atoms with Crippen molar-refractivity contribution in [3.8, 4) is 0 Å². The number of nitrogens with zero attached hydrogens (tertiary/aromatic N) is 1. The number of halogens is 3. The number of thiocarbonyl (C=S) groups is 1. The van der Waals surface area contributed by atoms with Crippen LogP contribution in [0.4, 0.5) is 11.4 Å². The summed E-state index contributed by atoms with van der Waals surface area (Å²) in [5.74, 6) is -0.369. The number of hydrogen-bond donors (Lipinski definition) is 2. The maximum absolute atomic E-state index is 12.5. The van der Waals surface area contributed by atoms with Gasteiger partial charge in [-0.3, -0.25) is 10.1 Å². The summed E-state index contributed by atoms with van der Waals surface area (Å²) in [5.41, 5.74) is 1.93. The fourth-order valence-electron chi connectivity index (χ4n) is 2.72. The van der Waals surface area contributed by atoms with Crippen molar-refractivity contribution in [2.24, 2.45) is 0 Å². The summed E-state index contributed by atoms with van der Waals surface area (Å²) in [6.07, 6.45) is 0. The van der Waals surface area contributed by atoms with E-state index in [0.717, 1.165) is 28.0 Å². The number of ether oxygens (including phenoxy) is 1. The molecule has 5 nitrogen and oxygen atoms in total. The van der Waals surface area contributed by atoms with Gasteiger partial charge in [0.15, 0.2) is 5.11 Å². The number of carbonyl (C=O) groups excluding carboxylic acids is 1. The minimum atomic E-state index is -0.369. The average Bonchev–Trinajstić information content (AvgIpc) is 2.64. The summed E-state index contributed by atoms with van der Waals surface area (Å²) in [7, 11) is 0. The third-order valence-electron chi connectivity index (χ3n) is 3.96. The zero-order chi connectivity index (χ0) is 19.4. The van der Waals surface area contributed by atoms with Gasteiger partial charge in [-0.15, -0.1) is 0 Å². The van der Waals surface area contributed by atoms with Crippen molar-refractivity contribution >= 4 is 80.4 Å². The van der Waals surface area contributed by atoms with Gasteiger partial charge in [-0.1, -0.05) is 29.3 Å². The van der Waals surface area contributed by atoms with Crippen molar-refractivity contribution in [1.29, 1.82) is 0 Å². The van der Waals surface area contributed by atoms with Crippen LogP contribution in [0.2, 0.25) is 10.0 Å². The third kappa shape index (κ3) is 5.23. The fourth-order valence-corrected chi connectivity index (χ4v) is 3.91. The van der Waals surface area contributed by atoms with E-state index in [1.165, 1.54) is 0 Å². The van der Waals surface area contributed by atoms with E-state index in [2.05, 4.69) is 38.1 Å². The molecule has 1 heterocycles. The molecule has 1 aliphatic heterocycles. The zero-order valence-corrected chi connectivity index (χ0v) is 18.6. The lowest BCUT2D eigenvalue weighted by Crippen LogP contribution is -2.38.